The molecule has 0 bridgehead atoms. The highest BCUT2D eigenvalue weighted by Crippen LogP contribution is 2.48. The van der Waals surface area contributed by atoms with E-state index < -0.39 is 20.0 Å². The molecule has 5 nitrogen and oxygen atoms in total. The van der Waals surface area contributed by atoms with E-state index in [4.69, 9.17) is 0 Å². The van der Waals surface area contributed by atoms with Gasteiger partial charge in [-0.05, 0) is 107 Å². The highest BCUT2D eigenvalue weighted by Gasteiger charge is 2.33. The van der Waals surface area contributed by atoms with Gasteiger partial charge in [-0.2, -0.15) is 0 Å². The fourth-order valence-electron chi connectivity index (χ4n) is 8.49. The first-order chi connectivity index (χ1) is 21.8. The number of hydrogen-bond acceptors (Lipinski definition) is 4. The molecule has 256 valence electrons. The number of hydrogen-bond donors (Lipinski definition) is 0. The summed E-state index contributed by atoms with van der Waals surface area (Å²) in [7, 11) is -9.10. The Labute approximate surface area is 280 Å². The van der Waals surface area contributed by atoms with Crippen molar-refractivity contribution in [2.45, 2.75) is 183 Å². The molecule has 0 aromatic heterocycles. The number of sulfonamides is 2. The average Bonchev–Trinajstić information content (AvgIpc) is 3.04. The molecule has 0 amide bonds. The van der Waals surface area contributed by atoms with Gasteiger partial charge in [-0.3, -0.25) is 0 Å². The smallest absolute Gasteiger partial charge is 0.113 e. The van der Waals surface area contributed by atoms with Crippen LogP contribution in [0.5, 0.6) is 0 Å². The fraction of sp³-hybridized carbons (Fsp3) is 0.692. The zero-order chi connectivity index (χ0) is 33.2. The Hall–Kier alpha value is -1.70. The third kappa shape index (κ3) is 7.78. The molecule has 2 aromatic carbocycles. The Balaban J connectivity index is 1.70. The zero-order valence-electron chi connectivity index (χ0n) is 29.3. The lowest BCUT2D eigenvalue weighted by molar-refractivity contribution is 0.419. The molecule has 3 fully saturated rings. The van der Waals surface area contributed by atoms with Crippen molar-refractivity contribution in [2.24, 2.45) is 0 Å². The molecule has 0 spiro atoms. The second kappa shape index (κ2) is 14.8. The van der Waals surface area contributed by atoms with Crippen molar-refractivity contribution in [3.05, 3.63) is 61.8 Å². The van der Waals surface area contributed by atoms with Gasteiger partial charge in [-0.15, -0.1) is 0 Å². The summed E-state index contributed by atoms with van der Waals surface area (Å²) in [5.74, 6) is 0.674. The molecular weight excluding hydrogens is 611 g/mol. The Morgan fingerprint density at radius 2 is 0.870 bits per heavy atom. The van der Waals surface area contributed by atoms with Crippen LogP contribution in [-0.2, 0) is 20.0 Å². The fourth-order valence-corrected chi connectivity index (χ4v) is 12.4. The molecule has 46 heavy (non-hydrogen) atoms. The molecule has 2 aromatic rings. The van der Waals surface area contributed by atoms with Crippen molar-refractivity contribution in [3.63, 3.8) is 0 Å². The minimum Gasteiger partial charge on any atom is -0.428 e. The van der Waals surface area contributed by atoms with E-state index in [1.165, 1.54) is 24.8 Å². The van der Waals surface area contributed by atoms with Crippen molar-refractivity contribution in [3.8, 4) is 0 Å². The summed E-state index contributed by atoms with van der Waals surface area (Å²) in [6, 6.07) is 8.28. The Kier molecular flexibility index (Phi) is 11.5. The Morgan fingerprint density at radius 3 is 1.24 bits per heavy atom. The number of benzene rings is 2. The molecule has 5 rings (SSSR count). The third-order valence-electron chi connectivity index (χ3n) is 11.1. The van der Waals surface area contributed by atoms with Gasteiger partial charge in [0.25, 0.3) is 0 Å². The van der Waals surface area contributed by atoms with E-state index >= 15 is 0 Å². The molecule has 3 aliphatic rings. The summed E-state index contributed by atoms with van der Waals surface area (Å²) in [4.78, 5) is 0.313. The maximum atomic E-state index is 14.8. The Morgan fingerprint density at radius 1 is 0.500 bits per heavy atom. The minimum atomic E-state index is -4.55. The topological polar surface area (TPSA) is 82.4 Å². The number of rotatable bonds is 10. The summed E-state index contributed by atoms with van der Waals surface area (Å²) >= 11 is 0. The summed E-state index contributed by atoms with van der Waals surface area (Å²) in [6.07, 6.45) is 16.4. The zero-order valence-corrected chi connectivity index (χ0v) is 30.9. The minimum absolute atomic E-state index is 0.0859. The molecule has 0 saturated heterocycles. The molecule has 0 radical (unpaired) electrons. The quantitative estimate of drug-likeness (QED) is 0.252. The monoisotopic (exact) mass is 668 g/mol. The van der Waals surface area contributed by atoms with Crippen LogP contribution in [0.4, 0.5) is 0 Å². The van der Waals surface area contributed by atoms with Gasteiger partial charge >= 0.3 is 0 Å². The standard InChI is InChI=1S/C39H58NO4S2/c1-26(2)32-22-34(27(3)4)38(35(23-32)28(5)6)45(41,42)40-46(43,44)39-36(30-18-12-8-13-19-30)24-33(29-16-10-7-11-17-29)25-37(39)31-20-14-9-15-21-31/h22-31H,7-21H2,1-6H3/q-1. The molecule has 0 unspecified atom stereocenters. The van der Waals surface area contributed by atoms with Gasteiger partial charge < -0.3 is 4.13 Å². The van der Waals surface area contributed by atoms with Gasteiger partial charge in [-0.25, -0.2) is 16.8 Å². The van der Waals surface area contributed by atoms with Crippen LogP contribution < -0.4 is 0 Å². The van der Waals surface area contributed by atoms with Crippen molar-refractivity contribution < 1.29 is 16.8 Å². The van der Waals surface area contributed by atoms with E-state index in [1.54, 1.807) is 0 Å². The van der Waals surface area contributed by atoms with Gasteiger partial charge in [0.2, 0.25) is 0 Å². The van der Waals surface area contributed by atoms with Crippen LogP contribution in [0.25, 0.3) is 4.13 Å². The van der Waals surface area contributed by atoms with Crippen LogP contribution in [0.1, 0.15) is 207 Å². The van der Waals surface area contributed by atoms with Crippen LogP contribution in [0, 0.1) is 0 Å². The van der Waals surface area contributed by atoms with Crippen LogP contribution in [0.15, 0.2) is 34.1 Å². The molecular formula is C39H58NO4S2-. The first kappa shape index (κ1) is 35.6. The maximum absolute atomic E-state index is 14.8. The van der Waals surface area contributed by atoms with Crippen LogP contribution in [0.3, 0.4) is 0 Å². The summed E-state index contributed by atoms with van der Waals surface area (Å²) < 4.78 is 62.7. The lowest BCUT2D eigenvalue weighted by atomic mass is 9.76. The molecule has 0 atom stereocenters. The average molecular weight is 669 g/mol. The summed E-state index contributed by atoms with van der Waals surface area (Å²) in [5.41, 5.74) is 5.35. The van der Waals surface area contributed by atoms with Gasteiger partial charge in [0, 0.05) is 0 Å². The van der Waals surface area contributed by atoms with Crippen LogP contribution >= 0.6 is 0 Å². The van der Waals surface area contributed by atoms with Crippen molar-refractivity contribution >= 4 is 20.0 Å². The Bertz CT molecular complexity index is 1500. The summed E-state index contributed by atoms with van der Waals surface area (Å²) in [6.45, 7) is 12.1. The first-order valence-corrected chi connectivity index (χ1v) is 21.3. The molecule has 7 heteroatoms. The van der Waals surface area contributed by atoms with Gasteiger partial charge in [-0.1, -0.05) is 124 Å². The van der Waals surface area contributed by atoms with E-state index in [1.807, 2.05) is 39.8 Å². The van der Waals surface area contributed by atoms with E-state index in [0.717, 1.165) is 93.7 Å². The van der Waals surface area contributed by atoms with Crippen LogP contribution in [0.2, 0.25) is 0 Å². The highest BCUT2D eigenvalue weighted by molar-refractivity contribution is 8.12. The second-order valence-electron chi connectivity index (χ2n) is 15.6. The third-order valence-corrected chi connectivity index (χ3v) is 14.7. The predicted molar refractivity (Wildman–Crippen MR) is 190 cm³/mol. The molecule has 0 heterocycles. The second-order valence-corrected chi connectivity index (χ2v) is 18.9. The predicted octanol–water partition coefficient (Wildman–Crippen LogP) is 11.7. The molecule has 3 aliphatic carbocycles. The van der Waals surface area contributed by atoms with Gasteiger partial charge in [0.05, 0.1) is 9.79 Å². The lowest BCUT2D eigenvalue weighted by Crippen LogP contribution is -2.20. The molecule has 3 saturated carbocycles. The van der Waals surface area contributed by atoms with Crippen molar-refractivity contribution in [2.75, 3.05) is 0 Å². The first-order valence-electron chi connectivity index (χ1n) is 18.4. The van der Waals surface area contributed by atoms with Crippen molar-refractivity contribution in [1.29, 1.82) is 0 Å². The van der Waals surface area contributed by atoms with Gasteiger partial charge in [0.15, 0.2) is 0 Å². The van der Waals surface area contributed by atoms with E-state index in [0.29, 0.717) is 17.0 Å². The molecule has 0 aliphatic heterocycles. The van der Waals surface area contributed by atoms with Crippen LogP contribution in [-0.4, -0.2) is 16.8 Å². The largest absolute Gasteiger partial charge is 0.428 e. The highest BCUT2D eigenvalue weighted by atomic mass is 32.3. The van der Waals surface area contributed by atoms with Crippen molar-refractivity contribution in [1.82, 2.24) is 0 Å². The maximum Gasteiger partial charge on any atom is 0.113 e. The van der Waals surface area contributed by atoms with E-state index in [-0.39, 0.29) is 39.4 Å². The number of nitrogens with zero attached hydrogens (tertiary/aromatic N) is 1. The SMILES string of the molecule is CC(C)c1cc(C(C)C)c(S(=O)(=O)[N-]S(=O)(=O)c2c(C3CCCCC3)cc(C3CCCCC3)cc2C2CCCCC2)c(C(C)C)c1. The van der Waals surface area contributed by atoms with Gasteiger partial charge in [0.1, 0.15) is 20.0 Å². The molecule has 0 N–H and O–H groups in total. The lowest BCUT2D eigenvalue weighted by Gasteiger charge is -2.35. The van der Waals surface area contributed by atoms with E-state index in [9.17, 15) is 16.8 Å². The normalized spacial score (nSPS) is 19.8. The van der Waals surface area contributed by atoms with E-state index in [2.05, 4.69) is 30.1 Å². The summed E-state index contributed by atoms with van der Waals surface area (Å²) in [5, 5.41) is 0.